The first kappa shape index (κ1) is 56.3. The van der Waals surface area contributed by atoms with Crippen LogP contribution in [0, 0.1) is 35.0 Å². The quantitative estimate of drug-likeness (QED) is 0.0458. The van der Waals surface area contributed by atoms with Gasteiger partial charge in [-0.05, 0) is 109 Å². The SMILES string of the molecule is CCCCCCOC(=O)c1ccc(Nc2nc3c(nc(C#Cc4ccc(C#Cc5cn([C@@H]6O[C@H](COC(=O)C(C)C)[C@H]7OC(C)(C)O[C@H]76)c(=O)nc5N)cc4)n3[C@@H]3O[C@H](COC(=O)C(C)(C)C)[C@H]4OC(C)(C)O[C@H]43)c(=O)[nH]2)cc1. The van der Waals surface area contributed by atoms with E-state index >= 15 is 0 Å². The smallest absolute Gasteiger partial charge is 0.351 e. The van der Waals surface area contributed by atoms with Crippen LogP contribution in [0.25, 0.3) is 11.2 Å². The molecule has 3 aromatic heterocycles. The molecule has 418 valence electrons. The molecule has 8 atom stereocenters. The molecule has 4 aliphatic heterocycles. The molecule has 0 unspecified atom stereocenters. The third-order valence-corrected chi connectivity index (χ3v) is 13.3. The Balaban J connectivity index is 0.993. The molecule has 0 amide bonds. The zero-order chi connectivity index (χ0) is 56.6. The van der Waals surface area contributed by atoms with Crippen LogP contribution in [0.3, 0.4) is 0 Å². The number of ether oxygens (including phenoxy) is 9. The number of nitrogens with zero attached hydrogens (tertiary/aromatic N) is 5. The summed E-state index contributed by atoms with van der Waals surface area (Å²) in [4.78, 5) is 81.6. The minimum Gasteiger partial charge on any atom is -0.463 e. The van der Waals surface area contributed by atoms with E-state index in [2.05, 4.69) is 45.9 Å². The van der Waals surface area contributed by atoms with Crippen molar-refractivity contribution in [2.24, 2.45) is 11.3 Å². The normalized spacial score (nSPS) is 23.5. The lowest BCUT2D eigenvalue weighted by atomic mass is 9.97. The Morgan fingerprint density at radius 1 is 0.759 bits per heavy atom. The molecule has 79 heavy (non-hydrogen) atoms. The maximum atomic E-state index is 13.9. The zero-order valence-corrected chi connectivity index (χ0v) is 45.9. The minimum atomic E-state index is -1.06. The molecule has 0 aliphatic carbocycles. The average Bonchev–Trinajstić information content (AvgIpc) is 4.36. The van der Waals surface area contributed by atoms with E-state index < -0.39 is 95.2 Å². The topological polar surface area (TPSA) is 271 Å². The van der Waals surface area contributed by atoms with Gasteiger partial charge in [-0.15, -0.1) is 0 Å². The Bertz CT molecular complexity index is 3360. The Morgan fingerprint density at radius 3 is 1.97 bits per heavy atom. The number of hydrogen-bond acceptors (Lipinski definition) is 19. The van der Waals surface area contributed by atoms with E-state index in [1.54, 1.807) is 115 Å². The number of benzene rings is 2. The summed E-state index contributed by atoms with van der Waals surface area (Å²) in [6, 6.07) is 13.6. The van der Waals surface area contributed by atoms with Gasteiger partial charge in [-0.2, -0.15) is 9.97 Å². The standard InChI is InChI=1S/C57H66N8O14/c1-11-12-13-14-27-71-51(68)34-22-24-36(25-23-34)59-53-62-46-40(47(66)63-53)60-39(65(46)49-44-42(77-57(9,10)79-44)38(75-49)30-73-52(69)55(4,5)6)26-20-33-17-15-32(16-18-33)19-21-35-28-64(54(70)61-45(35)58)48-43-41(76-56(7,8)78-43)37(74-48)29-72-50(67)31(2)3/h15-18,22-25,28,31,37-38,41-44,48-49H,11-14,27,29-30H2,1-10H3,(H2,58,61,70)(H2,59,62,63,66)/t37-,38-,41-,42-,43-,44-,48-,49-/m1/s1. The summed E-state index contributed by atoms with van der Waals surface area (Å²) >= 11 is 0. The lowest BCUT2D eigenvalue weighted by Gasteiger charge is -2.25. The molecule has 4 saturated heterocycles. The van der Waals surface area contributed by atoms with Crippen LogP contribution in [-0.2, 0) is 52.2 Å². The molecule has 9 rings (SSSR count). The second-order valence-corrected chi connectivity index (χ2v) is 22.0. The summed E-state index contributed by atoms with van der Waals surface area (Å²) in [7, 11) is 0. The summed E-state index contributed by atoms with van der Waals surface area (Å²) in [5.41, 5.74) is 6.48. The molecule has 22 heteroatoms. The zero-order valence-electron chi connectivity index (χ0n) is 45.9. The van der Waals surface area contributed by atoms with Crippen molar-refractivity contribution in [1.82, 2.24) is 29.1 Å². The number of rotatable bonds is 15. The van der Waals surface area contributed by atoms with E-state index in [0.717, 1.165) is 25.7 Å². The maximum absolute atomic E-state index is 13.9. The molecule has 0 bridgehead atoms. The fourth-order valence-corrected chi connectivity index (χ4v) is 9.36. The third kappa shape index (κ3) is 12.7. The highest BCUT2D eigenvalue weighted by Crippen LogP contribution is 2.45. The van der Waals surface area contributed by atoms with Crippen molar-refractivity contribution in [1.29, 1.82) is 0 Å². The predicted octanol–water partition coefficient (Wildman–Crippen LogP) is 6.16. The maximum Gasteiger partial charge on any atom is 0.351 e. The van der Waals surface area contributed by atoms with Crippen LogP contribution in [0.5, 0.6) is 0 Å². The highest BCUT2D eigenvalue weighted by molar-refractivity contribution is 5.90. The van der Waals surface area contributed by atoms with Crippen molar-refractivity contribution in [3.63, 3.8) is 0 Å². The number of aromatic amines is 1. The van der Waals surface area contributed by atoms with Crippen LogP contribution in [0.15, 0.2) is 64.3 Å². The van der Waals surface area contributed by atoms with Crippen molar-refractivity contribution < 1.29 is 57.0 Å². The number of anilines is 3. The molecule has 22 nitrogen and oxygen atoms in total. The van der Waals surface area contributed by atoms with E-state index in [0.29, 0.717) is 29.0 Å². The first-order valence-corrected chi connectivity index (χ1v) is 26.4. The number of aromatic nitrogens is 6. The van der Waals surface area contributed by atoms with Crippen molar-refractivity contribution in [2.75, 3.05) is 30.9 Å². The second kappa shape index (κ2) is 22.7. The number of carbonyl (C=O) groups is 3. The molecule has 5 aromatic rings. The van der Waals surface area contributed by atoms with Gasteiger partial charge in [-0.3, -0.25) is 28.5 Å². The van der Waals surface area contributed by atoms with E-state index in [1.807, 2.05) is 0 Å². The minimum absolute atomic E-state index is 0.0438. The monoisotopic (exact) mass is 1090 g/mol. The van der Waals surface area contributed by atoms with Crippen LogP contribution in [-0.4, -0.2) is 115 Å². The third-order valence-electron chi connectivity index (χ3n) is 13.3. The number of unbranched alkanes of at least 4 members (excludes halogenated alkanes) is 3. The highest BCUT2D eigenvalue weighted by atomic mass is 16.8. The Labute approximate surface area is 456 Å². The molecule has 2 aromatic carbocycles. The summed E-state index contributed by atoms with van der Waals surface area (Å²) in [6.45, 7) is 17.9. The van der Waals surface area contributed by atoms with Gasteiger partial charge in [0.15, 0.2) is 41.0 Å². The molecular weight excluding hydrogens is 1020 g/mol. The number of imidazole rings is 1. The van der Waals surface area contributed by atoms with E-state index in [1.165, 1.54) is 10.8 Å². The Hall–Kier alpha value is -7.44. The number of esters is 3. The number of nitrogens with two attached hydrogens (primary N) is 1. The van der Waals surface area contributed by atoms with Gasteiger partial charge in [-0.25, -0.2) is 14.6 Å². The number of hydrogen-bond donors (Lipinski definition) is 3. The van der Waals surface area contributed by atoms with Crippen LogP contribution in [0.4, 0.5) is 17.5 Å². The van der Waals surface area contributed by atoms with Gasteiger partial charge in [0.25, 0.3) is 5.56 Å². The molecular formula is C57H66N8O14. The van der Waals surface area contributed by atoms with E-state index in [-0.39, 0.29) is 53.4 Å². The predicted molar refractivity (Wildman–Crippen MR) is 285 cm³/mol. The number of fused-ring (bicyclic) bond motifs is 3. The van der Waals surface area contributed by atoms with Gasteiger partial charge in [0.1, 0.15) is 55.7 Å². The van der Waals surface area contributed by atoms with Gasteiger partial charge < -0.3 is 53.7 Å². The van der Waals surface area contributed by atoms with Gasteiger partial charge in [0, 0.05) is 23.0 Å². The molecule has 7 heterocycles. The second-order valence-electron chi connectivity index (χ2n) is 22.0. The fourth-order valence-electron chi connectivity index (χ4n) is 9.36. The number of nitrogen functional groups attached to an aromatic ring is 1. The largest absolute Gasteiger partial charge is 0.463 e. The molecule has 0 saturated carbocycles. The first-order chi connectivity index (χ1) is 37.5. The molecule has 0 spiro atoms. The number of nitrogens with one attached hydrogen (secondary N) is 2. The summed E-state index contributed by atoms with van der Waals surface area (Å²) < 4.78 is 57.4. The van der Waals surface area contributed by atoms with Crippen LogP contribution < -0.4 is 22.3 Å². The summed E-state index contributed by atoms with van der Waals surface area (Å²) in [6.07, 6.45) is -1.04. The summed E-state index contributed by atoms with van der Waals surface area (Å²) in [5, 5.41) is 3.12. The molecule has 4 N–H and O–H groups in total. The fraction of sp³-hybridized carbons (Fsp3) is 0.509. The van der Waals surface area contributed by atoms with Gasteiger partial charge in [0.2, 0.25) is 5.95 Å². The van der Waals surface area contributed by atoms with Gasteiger partial charge in [-0.1, -0.05) is 57.8 Å². The molecule has 4 fully saturated rings. The average molecular weight is 1090 g/mol. The van der Waals surface area contributed by atoms with Crippen LogP contribution in [0.1, 0.15) is 140 Å². The van der Waals surface area contributed by atoms with E-state index in [9.17, 15) is 24.0 Å². The van der Waals surface area contributed by atoms with Crippen LogP contribution in [0.2, 0.25) is 0 Å². The van der Waals surface area contributed by atoms with Crippen molar-refractivity contribution in [3.05, 3.63) is 104 Å². The highest BCUT2D eigenvalue weighted by Gasteiger charge is 2.58. The lowest BCUT2D eigenvalue weighted by molar-refractivity contribution is -0.203. The van der Waals surface area contributed by atoms with Crippen molar-refractivity contribution >= 4 is 46.5 Å². The van der Waals surface area contributed by atoms with Crippen LogP contribution >= 0.6 is 0 Å². The summed E-state index contributed by atoms with van der Waals surface area (Å²) in [5.74, 6) is 8.73. The number of H-pyrrole nitrogens is 1. The van der Waals surface area contributed by atoms with Gasteiger partial charge >= 0.3 is 23.6 Å². The molecule has 4 aliphatic rings. The van der Waals surface area contributed by atoms with Crippen molar-refractivity contribution in [2.45, 2.75) is 156 Å². The van der Waals surface area contributed by atoms with Crippen molar-refractivity contribution in [3.8, 4) is 23.7 Å². The molecule has 0 radical (unpaired) electrons. The Morgan fingerprint density at radius 2 is 1.35 bits per heavy atom. The Kier molecular flexibility index (Phi) is 16.2. The number of carbonyl (C=O) groups excluding carboxylic acids is 3. The van der Waals surface area contributed by atoms with E-state index in [4.69, 9.17) is 58.3 Å². The van der Waals surface area contributed by atoms with Gasteiger partial charge in [0.05, 0.1) is 29.1 Å². The first-order valence-electron chi connectivity index (χ1n) is 26.4. The lowest BCUT2D eigenvalue weighted by Crippen LogP contribution is -2.35.